The van der Waals surface area contributed by atoms with Crippen LogP contribution < -0.4 is 10.6 Å². The van der Waals surface area contributed by atoms with Crippen molar-refractivity contribution in [2.24, 2.45) is 0 Å². The Morgan fingerprint density at radius 1 is 1.08 bits per heavy atom. The van der Waals surface area contributed by atoms with Crippen molar-refractivity contribution in [3.63, 3.8) is 0 Å². The van der Waals surface area contributed by atoms with Crippen LogP contribution in [-0.2, 0) is 11.2 Å². The normalized spacial score (nSPS) is 11.0. The maximum absolute atomic E-state index is 12.3. The molecule has 0 radical (unpaired) electrons. The van der Waals surface area contributed by atoms with Gasteiger partial charge in [-0.3, -0.25) is 4.79 Å². The van der Waals surface area contributed by atoms with E-state index in [1.165, 1.54) is 0 Å². The number of nitrogens with one attached hydrogen (secondary N) is 2. The highest BCUT2D eigenvalue weighted by Gasteiger charge is 2.12. The van der Waals surface area contributed by atoms with Crippen LogP contribution >= 0.6 is 0 Å². The van der Waals surface area contributed by atoms with Crippen molar-refractivity contribution in [3.8, 4) is 0 Å². The van der Waals surface area contributed by atoms with Crippen molar-refractivity contribution in [2.75, 3.05) is 17.2 Å². The molecule has 0 aliphatic carbocycles. The topological polar surface area (TPSA) is 66.9 Å². The molecule has 25 heavy (non-hydrogen) atoms. The lowest BCUT2D eigenvalue weighted by molar-refractivity contribution is -0.114. The van der Waals surface area contributed by atoms with Crippen LogP contribution in [0, 0.1) is 0 Å². The smallest absolute Gasteiger partial charge is 0.243 e. The fraction of sp³-hybridized carbons (Fsp3) is 0.450. The first-order valence-electron chi connectivity index (χ1n) is 8.91. The third kappa shape index (κ3) is 5.28. The van der Waals surface area contributed by atoms with Gasteiger partial charge in [-0.25, -0.2) is 9.97 Å². The largest absolute Gasteiger partial charge is 0.361 e. The molecule has 0 unspecified atom stereocenters. The van der Waals surface area contributed by atoms with Crippen LogP contribution in [0.2, 0.25) is 0 Å². The number of amides is 1. The molecule has 2 aromatic rings. The van der Waals surface area contributed by atoms with Gasteiger partial charge in [0.25, 0.3) is 0 Å². The van der Waals surface area contributed by atoms with Gasteiger partial charge < -0.3 is 10.6 Å². The van der Waals surface area contributed by atoms with Crippen molar-refractivity contribution in [2.45, 2.75) is 52.9 Å². The molecule has 2 rings (SSSR count). The second-order valence-electron chi connectivity index (χ2n) is 6.76. The van der Waals surface area contributed by atoms with Gasteiger partial charge in [-0.15, -0.1) is 0 Å². The summed E-state index contributed by atoms with van der Waals surface area (Å²) >= 11 is 0. The highest BCUT2D eigenvalue weighted by molar-refractivity contribution is 5.94. The summed E-state index contributed by atoms with van der Waals surface area (Å²) in [5.41, 5.74) is 2.98. The van der Waals surface area contributed by atoms with Crippen LogP contribution in [0.15, 0.2) is 30.3 Å². The summed E-state index contributed by atoms with van der Waals surface area (Å²) in [7, 11) is 0. The molecule has 0 aliphatic heterocycles. The number of rotatable bonds is 7. The van der Waals surface area contributed by atoms with E-state index in [0.717, 1.165) is 29.2 Å². The Hall–Kier alpha value is -2.43. The van der Waals surface area contributed by atoms with Gasteiger partial charge in [0.05, 0.1) is 6.54 Å². The van der Waals surface area contributed by atoms with Crippen LogP contribution in [0.25, 0.3) is 0 Å². The molecule has 1 heterocycles. The number of carbonyl (C=O) groups is 1. The molecule has 0 aliphatic rings. The third-order valence-corrected chi connectivity index (χ3v) is 3.97. The number of aromatic nitrogens is 2. The lowest BCUT2D eigenvalue weighted by Crippen LogP contribution is -2.23. The number of aryl methyl sites for hydroxylation is 1. The fourth-order valence-corrected chi connectivity index (χ4v) is 2.45. The molecule has 1 aromatic heterocycles. The molecule has 2 N–H and O–H groups in total. The van der Waals surface area contributed by atoms with Gasteiger partial charge in [0, 0.05) is 23.4 Å². The molecular formula is C20H28N4O. The number of para-hydroxylation sites is 1. The van der Waals surface area contributed by atoms with Gasteiger partial charge in [-0.05, 0) is 24.0 Å². The van der Waals surface area contributed by atoms with Gasteiger partial charge in [0.15, 0.2) is 0 Å². The molecule has 0 atom stereocenters. The zero-order valence-electron chi connectivity index (χ0n) is 15.8. The van der Waals surface area contributed by atoms with Crippen molar-refractivity contribution < 1.29 is 4.79 Å². The first kappa shape index (κ1) is 18.9. The Kier molecular flexibility index (Phi) is 6.51. The molecule has 0 fully saturated rings. The highest BCUT2D eigenvalue weighted by atomic mass is 16.1. The molecule has 5 heteroatoms. The van der Waals surface area contributed by atoms with Crippen LogP contribution in [0.1, 0.15) is 63.5 Å². The summed E-state index contributed by atoms with van der Waals surface area (Å²) in [4.78, 5) is 21.4. The zero-order chi connectivity index (χ0) is 18.4. The predicted octanol–water partition coefficient (Wildman–Crippen LogP) is 4.34. The number of benzene rings is 1. The average Bonchev–Trinajstić information content (AvgIpc) is 2.60. The van der Waals surface area contributed by atoms with Crippen molar-refractivity contribution in [1.82, 2.24) is 9.97 Å². The Morgan fingerprint density at radius 3 is 2.44 bits per heavy atom. The van der Waals surface area contributed by atoms with Gasteiger partial charge in [0.1, 0.15) is 11.6 Å². The van der Waals surface area contributed by atoms with Gasteiger partial charge >= 0.3 is 0 Å². The summed E-state index contributed by atoms with van der Waals surface area (Å²) in [6.45, 7) is 10.6. The van der Waals surface area contributed by atoms with Crippen molar-refractivity contribution in [1.29, 1.82) is 0 Å². The van der Waals surface area contributed by atoms with Crippen LogP contribution in [0.4, 0.5) is 11.5 Å². The summed E-state index contributed by atoms with van der Waals surface area (Å²) in [6, 6.07) is 9.78. The van der Waals surface area contributed by atoms with Crippen LogP contribution in [0.5, 0.6) is 0 Å². The molecule has 134 valence electrons. The van der Waals surface area contributed by atoms with E-state index in [0.29, 0.717) is 11.7 Å². The maximum atomic E-state index is 12.3. The monoisotopic (exact) mass is 340 g/mol. The Labute approximate surface area is 150 Å². The van der Waals surface area contributed by atoms with E-state index in [-0.39, 0.29) is 18.4 Å². The summed E-state index contributed by atoms with van der Waals surface area (Å²) in [6.07, 6.45) is 0.880. The van der Waals surface area contributed by atoms with Crippen molar-refractivity contribution in [3.05, 3.63) is 47.4 Å². The van der Waals surface area contributed by atoms with E-state index in [1.54, 1.807) is 0 Å². The quantitative estimate of drug-likeness (QED) is 0.787. The van der Waals surface area contributed by atoms with E-state index in [4.69, 9.17) is 0 Å². The Morgan fingerprint density at radius 2 is 1.80 bits per heavy atom. The van der Waals surface area contributed by atoms with E-state index in [1.807, 2.05) is 30.3 Å². The number of hydrogen-bond donors (Lipinski definition) is 2. The molecule has 0 saturated carbocycles. The lowest BCUT2D eigenvalue weighted by Gasteiger charge is -2.14. The highest BCUT2D eigenvalue weighted by Crippen LogP contribution is 2.19. The molecule has 1 aromatic carbocycles. The molecule has 0 spiro atoms. The number of anilines is 2. The first-order chi connectivity index (χ1) is 11.9. The predicted molar refractivity (Wildman–Crippen MR) is 103 cm³/mol. The van der Waals surface area contributed by atoms with Gasteiger partial charge in [0.2, 0.25) is 5.91 Å². The Balaban J connectivity index is 2.06. The number of nitrogens with zero attached hydrogens (tertiary/aromatic N) is 2. The van der Waals surface area contributed by atoms with E-state index >= 15 is 0 Å². The molecular weight excluding hydrogens is 312 g/mol. The summed E-state index contributed by atoms with van der Waals surface area (Å²) in [5.74, 6) is 1.96. The van der Waals surface area contributed by atoms with Crippen molar-refractivity contribution >= 4 is 17.4 Å². The molecule has 1 amide bonds. The van der Waals surface area contributed by atoms with Crippen LogP contribution in [-0.4, -0.2) is 22.4 Å². The molecule has 0 saturated heterocycles. The second kappa shape index (κ2) is 8.60. The van der Waals surface area contributed by atoms with E-state index in [9.17, 15) is 4.79 Å². The minimum atomic E-state index is -0.0864. The lowest BCUT2D eigenvalue weighted by atomic mass is 10.1. The second-order valence-corrected chi connectivity index (χ2v) is 6.76. The molecule has 5 nitrogen and oxygen atoms in total. The standard InChI is InChI=1S/C20H28N4O/c1-6-15-9-7-8-10-16(15)22-19(25)12-21-18-11-17(13(2)3)23-20(24-18)14(4)5/h7-11,13-14H,6,12H2,1-5H3,(H,22,25)(H,21,23,24). The Bertz CT molecular complexity index is 699. The van der Waals surface area contributed by atoms with Crippen LogP contribution in [0.3, 0.4) is 0 Å². The number of carbonyl (C=O) groups excluding carboxylic acids is 1. The van der Waals surface area contributed by atoms with E-state index < -0.39 is 0 Å². The maximum Gasteiger partial charge on any atom is 0.243 e. The van der Waals surface area contributed by atoms with Gasteiger partial charge in [-0.2, -0.15) is 0 Å². The first-order valence-corrected chi connectivity index (χ1v) is 8.91. The fourth-order valence-electron chi connectivity index (χ4n) is 2.45. The minimum absolute atomic E-state index is 0.0864. The zero-order valence-corrected chi connectivity index (χ0v) is 15.8. The van der Waals surface area contributed by atoms with E-state index in [2.05, 4.69) is 55.2 Å². The SMILES string of the molecule is CCc1ccccc1NC(=O)CNc1cc(C(C)C)nc(C(C)C)n1. The molecule has 0 bridgehead atoms. The summed E-state index contributed by atoms with van der Waals surface area (Å²) < 4.78 is 0. The summed E-state index contributed by atoms with van der Waals surface area (Å²) in [5, 5.41) is 6.09. The average molecular weight is 340 g/mol. The third-order valence-electron chi connectivity index (χ3n) is 3.97. The number of hydrogen-bond acceptors (Lipinski definition) is 4. The minimum Gasteiger partial charge on any atom is -0.361 e. The van der Waals surface area contributed by atoms with Gasteiger partial charge in [-0.1, -0.05) is 52.8 Å².